The van der Waals surface area contributed by atoms with Crippen LogP contribution in [0.25, 0.3) is 0 Å². The standard InChI is InChI=1S/C14H14FN3O2/c15-13-9-17-6-5-12(13)14(19)18-7-8-20-11-3-1-10(16)2-4-11/h1-6,9H,7-8,16H2,(H,18,19). The fourth-order valence-electron chi connectivity index (χ4n) is 1.55. The van der Waals surface area contributed by atoms with E-state index >= 15 is 0 Å². The summed E-state index contributed by atoms with van der Waals surface area (Å²) in [5.74, 6) is -0.487. The molecule has 0 aliphatic heterocycles. The summed E-state index contributed by atoms with van der Waals surface area (Å²) in [5, 5.41) is 2.57. The lowest BCUT2D eigenvalue weighted by atomic mass is 10.2. The van der Waals surface area contributed by atoms with Gasteiger partial charge in [-0.3, -0.25) is 9.78 Å². The van der Waals surface area contributed by atoms with Gasteiger partial charge in [-0.15, -0.1) is 0 Å². The Morgan fingerprint density at radius 1 is 1.30 bits per heavy atom. The van der Waals surface area contributed by atoms with Crippen molar-refractivity contribution in [1.82, 2.24) is 10.3 Å². The number of amides is 1. The number of carbonyl (C=O) groups excluding carboxylic acids is 1. The number of anilines is 1. The molecule has 0 fully saturated rings. The van der Waals surface area contributed by atoms with Crippen LogP contribution in [0.1, 0.15) is 10.4 Å². The van der Waals surface area contributed by atoms with Crippen molar-refractivity contribution < 1.29 is 13.9 Å². The molecule has 1 heterocycles. The van der Waals surface area contributed by atoms with Crippen LogP contribution < -0.4 is 15.8 Å². The number of hydrogen-bond acceptors (Lipinski definition) is 4. The van der Waals surface area contributed by atoms with Gasteiger partial charge in [-0.2, -0.15) is 0 Å². The molecule has 0 aliphatic rings. The molecule has 5 nitrogen and oxygen atoms in total. The van der Waals surface area contributed by atoms with Crippen LogP contribution in [-0.4, -0.2) is 24.0 Å². The molecule has 0 spiro atoms. The summed E-state index contributed by atoms with van der Waals surface area (Å²) in [6, 6.07) is 8.24. The van der Waals surface area contributed by atoms with Crippen molar-refractivity contribution in [3.05, 3.63) is 54.1 Å². The second kappa shape index (κ2) is 6.51. The third-order valence-corrected chi connectivity index (χ3v) is 2.55. The summed E-state index contributed by atoms with van der Waals surface area (Å²) in [6.45, 7) is 0.549. The zero-order valence-electron chi connectivity index (χ0n) is 10.7. The van der Waals surface area contributed by atoms with Gasteiger partial charge >= 0.3 is 0 Å². The van der Waals surface area contributed by atoms with E-state index in [1.54, 1.807) is 24.3 Å². The number of nitrogen functional groups attached to an aromatic ring is 1. The van der Waals surface area contributed by atoms with E-state index in [0.29, 0.717) is 11.4 Å². The van der Waals surface area contributed by atoms with Crippen molar-refractivity contribution in [2.45, 2.75) is 0 Å². The quantitative estimate of drug-likeness (QED) is 0.642. The maximum atomic E-state index is 13.3. The number of halogens is 1. The molecule has 1 aromatic carbocycles. The summed E-state index contributed by atoms with van der Waals surface area (Å²) < 4.78 is 18.7. The van der Waals surface area contributed by atoms with Crippen LogP contribution in [0, 0.1) is 5.82 Å². The molecule has 6 heteroatoms. The molecule has 0 atom stereocenters. The van der Waals surface area contributed by atoms with E-state index in [-0.39, 0.29) is 18.7 Å². The van der Waals surface area contributed by atoms with Gasteiger partial charge in [-0.05, 0) is 30.3 Å². The number of pyridine rings is 1. The van der Waals surface area contributed by atoms with Crippen molar-refractivity contribution in [2.24, 2.45) is 0 Å². The maximum absolute atomic E-state index is 13.3. The van der Waals surface area contributed by atoms with E-state index in [1.165, 1.54) is 12.3 Å². The van der Waals surface area contributed by atoms with Crippen LogP contribution in [0.15, 0.2) is 42.7 Å². The van der Waals surface area contributed by atoms with Crippen molar-refractivity contribution in [3.8, 4) is 5.75 Å². The normalized spacial score (nSPS) is 10.1. The van der Waals surface area contributed by atoms with E-state index in [2.05, 4.69) is 10.3 Å². The van der Waals surface area contributed by atoms with E-state index in [9.17, 15) is 9.18 Å². The highest BCUT2D eigenvalue weighted by Gasteiger charge is 2.10. The molecule has 1 amide bonds. The lowest BCUT2D eigenvalue weighted by Gasteiger charge is -2.08. The van der Waals surface area contributed by atoms with Crippen molar-refractivity contribution in [1.29, 1.82) is 0 Å². The van der Waals surface area contributed by atoms with Crippen molar-refractivity contribution in [2.75, 3.05) is 18.9 Å². The lowest BCUT2D eigenvalue weighted by molar-refractivity contribution is 0.0943. The largest absolute Gasteiger partial charge is 0.492 e. The van der Waals surface area contributed by atoms with Crippen molar-refractivity contribution in [3.63, 3.8) is 0 Å². The zero-order valence-corrected chi connectivity index (χ0v) is 10.7. The number of benzene rings is 1. The van der Waals surface area contributed by atoms with E-state index in [4.69, 9.17) is 10.5 Å². The van der Waals surface area contributed by atoms with Crippen molar-refractivity contribution >= 4 is 11.6 Å². The Morgan fingerprint density at radius 3 is 2.75 bits per heavy atom. The Kier molecular flexibility index (Phi) is 4.49. The molecule has 0 unspecified atom stereocenters. The summed E-state index contributed by atoms with van der Waals surface area (Å²) in [7, 11) is 0. The Balaban J connectivity index is 1.77. The summed E-state index contributed by atoms with van der Waals surface area (Å²) in [5.41, 5.74) is 6.16. The minimum absolute atomic E-state index is 0.0347. The molecule has 0 saturated carbocycles. The topological polar surface area (TPSA) is 77.2 Å². The van der Waals surface area contributed by atoms with Crippen LogP contribution in [0.3, 0.4) is 0 Å². The molecule has 2 rings (SSSR count). The van der Waals surface area contributed by atoms with Gasteiger partial charge < -0.3 is 15.8 Å². The van der Waals surface area contributed by atoms with Crippen LogP contribution in [0.5, 0.6) is 5.75 Å². The van der Waals surface area contributed by atoms with Gasteiger partial charge in [0.05, 0.1) is 18.3 Å². The van der Waals surface area contributed by atoms with Gasteiger partial charge in [0.15, 0.2) is 5.82 Å². The number of nitrogens with two attached hydrogens (primary N) is 1. The second-order valence-corrected chi connectivity index (χ2v) is 4.03. The average Bonchev–Trinajstić information content (AvgIpc) is 2.46. The third kappa shape index (κ3) is 3.68. The zero-order chi connectivity index (χ0) is 14.4. The average molecular weight is 275 g/mol. The van der Waals surface area contributed by atoms with Gasteiger partial charge in [0.1, 0.15) is 12.4 Å². The first-order chi connectivity index (χ1) is 9.66. The summed E-state index contributed by atoms with van der Waals surface area (Å²) in [4.78, 5) is 15.3. The highest BCUT2D eigenvalue weighted by Crippen LogP contribution is 2.12. The van der Waals surface area contributed by atoms with E-state index in [1.807, 2.05) is 0 Å². The second-order valence-electron chi connectivity index (χ2n) is 4.03. The molecule has 20 heavy (non-hydrogen) atoms. The monoisotopic (exact) mass is 275 g/mol. The molecule has 3 N–H and O–H groups in total. The van der Waals surface area contributed by atoms with Gasteiger partial charge in [-0.1, -0.05) is 0 Å². The molecule has 1 aromatic heterocycles. The van der Waals surface area contributed by atoms with Crippen LogP contribution in [-0.2, 0) is 0 Å². The van der Waals surface area contributed by atoms with Crippen LogP contribution in [0.2, 0.25) is 0 Å². The summed E-state index contributed by atoms with van der Waals surface area (Å²) in [6.07, 6.45) is 2.36. The molecule has 0 radical (unpaired) electrons. The Labute approximate surface area is 115 Å². The fraction of sp³-hybridized carbons (Fsp3) is 0.143. The molecular weight excluding hydrogens is 261 g/mol. The first kappa shape index (κ1) is 13.8. The third-order valence-electron chi connectivity index (χ3n) is 2.55. The SMILES string of the molecule is Nc1ccc(OCCNC(=O)c2ccncc2F)cc1. The number of carbonyl (C=O) groups is 1. The van der Waals surface area contributed by atoms with Gasteiger partial charge in [0.2, 0.25) is 0 Å². The first-order valence-electron chi connectivity index (χ1n) is 6.03. The predicted molar refractivity (Wildman–Crippen MR) is 72.9 cm³/mol. The molecular formula is C14H14FN3O2. The van der Waals surface area contributed by atoms with Gasteiger partial charge in [-0.25, -0.2) is 4.39 Å². The molecule has 104 valence electrons. The number of rotatable bonds is 5. The lowest BCUT2D eigenvalue weighted by Crippen LogP contribution is -2.28. The highest BCUT2D eigenvalue weighted by molar-refractivity contribution is 5.94. The number of nitrogens with one attached hydrogen (secondary N) is 1. The van der Waals surface area contributed by atoms with Crippen LogP contribution in [0.4, 0.5) is 10.1 Å². The van der Waals surface area contributed by atoms with Crippen LogP contribution >= 0.6 is 0 Å². The minimum Gasteiger partial charge on any atom is -0.492 e. The smallest absolute Gasteiger partial charge is 0.254 e. The number of ether oxygens (including phenoxy) is 1. The number of nitrogens with zero attached hydrogens (tertiary/aromatic N) is 1. The number of aromatic nitrogens is 1. The Morgan fingerprint density at radius 2 is 2.05 bits per heavy atom. The van der Waals surface area contributed by atoms with Gasteiger partial charge in [0, 0.05) is 11.9 Å². The molecule has 0 saturated heterocycles. The minimum atomic E-state index is -0.649. The molecule has 0 bridgehead atoms. The maximum Gasteiger partial charge on any atom is 0.254 e. The van der Waals surface area contributed by atoms with Gasteiger partial charge in [0.25, 0.3) is 5.91 Å². The summed E-state index contributed by atoms with van der Waals surface area (Å²) >= 11 is 0. The van der Waals surface area contributed by atoms with E-state index in [0.717, 1.165) is 6.20 Å². The molecule has 0 aliphatic carbocycles. The van der Waals surface area contributed by atoms with E-state index < -0.39 is 11.7 Å². The Bertz CT molecular complexity index is 587. The highest BCUT2D eigenvalue weighted by atomic mass is 19.1. The Hall–Kier alpha value is -2.63. The number of hydrogen-bond donors (Lipinski definition) is 2. The fourth-order valence-corrected chi connectivity index (χ4v) is 1.55. The predicted octanol–water partition coefficient (Wildman–Crippen LogP) is 1.61. The molecule has 2 aromatic rings. The first-order valence-corrected chi connectivity index (χ1v) is 6.03.